The fourth-order valence-corrected chi connectivity index (χ4v) is 1.71. The molecule has 0 aliphatic rings. The van der Waals surface area contributed by atoms with Gasteiger partial charge in [0.1, 0.15) is 0 Å². The van der Waals surface area contributed by atoms with E-state index in [-0.39, 0.29) is 11.6 Å². The van der Waals surface area contributed by atoms with Gasteiger partial charge >= 0.3 is 0 Å². The van der Waals surface area contributed by atoms with Gasteiger partial charge in [-0.2, -0.15) is 0 Å². The zero-order valence-corrected chi connectivity index (χ0v) is 11.7. The first-order valence-electron chi connectivity index (χ1n) is 6.47. The summed E-state index contributed by atoms with van der Waals surface area (Å²) in [6.07, 6.45) is 4.24. The van der Waals surface area contributed by atoms with Crippen molar-refractivity contribution in [2.45, 2.75) is 6.42 Å². The number of carbonyl (C=O) groups is 1. The quantitative estimate of drug-likeness (QED) is 0.807. The van der Waals surface area contributed by atoms with E-state index >= 15 is 0 Å². The van der Waals surface area contributed by atoms with E-state index < -0.39 is 0 Å². The van der Waals surface area contributed by atoms with Crippen molar-refractivity contribution in [2.24, 2.45) is 0 Å². The summed E-state index contributed by atoms with van der Waals surface area (Å²) in [7, 11) is 4.00. The first-order chi connectivity index (χ1) is 9.66. The predicted molar refractivity (Wildman–Crippen MR) is 75.2 cm³/mol. The summed E-state index contributed by atoms with van der Waals surface area (Å²) in [6.45, 7) is 1.55. The minimum absolute atomic E-state index is 0.220. The average molecular weight is 274 g/mol. The lowest BCUT2D eigenvalue weighted by atomic mass is 10.2. The van der Waals surface area contributed by atoms with Crippen molar-refractivity contribution in [3.8, 4) is 11.3 Å². The third kappa shape index (κ3) is 3.89. The molecule has 0 fully saturated rings. The Morgan fingerprint density at radius 2 is 2.30 bits per heavy atom. The first-order valence-corrected chi connectivity index (χ1v) is 6.47. The van der Waals surface area contributed by atoms with Gasteiger partial charge in [-0.15, -0.1) is 0 Å². The van der Waals surface area contributed by atoms with Crippen LogP contribution in [0, 0.1) is 0 Å². The van der Waals surface area contributed by atoms with Crippen molar-refractivity contribution < 1.29 is 9.32 Å². The van der Waals surface area contributed by atoms with E-state index in [0.717, 1.165) is 18.5 Å². The van der Waals surface area contributed by atoms with Gasteiger partial charge in [0, 0.05) is 30.6 Å². The van der Waals surface area contributed by atoms with Crippen LogP contribution in [0.1, 0.15) is 16.9 Å². The van der Waals surface area contributed by atoms with E-state index in [0.29, 0.717) is 12.3 Å². The summed E-state index contributed by atoms with van der Waals surface area (Å²) >= 11 is 0. The van der Waals surface area contributed by atoms with Crippen LogP contribution < -0.4 is 5.32 Å². The maximum Gasteiger partial charge on any atom is 0.273 e. The van der Waals surface area contributed by atoms with Crippen LogP contribution in [0.5, 0.6) is 0 Å². The van der Waals surface area contributed by atoms with E-state index in [4.69, 9.17) is 4.52 Å². The van der Waals surface area contributed by atoms with E-state index in [1.807, 2.05) is 20.2 Å². The summed E-state index contributed by atoms with van der Waals surface area (Å²) in [6, 6.07) is 5.28. The molecule has 2 rings (SSSR count). The van der Waals surface area contributed by atoms with Crippen LogP contribution in [0.2, 0.25) is 0 Å². The van der Waals surface area contributed by atoms with Crippen LogP contribution in [-0.4, -0.2) is 48.1 Å². The van der Waals surface area contributed by atoms with E-state index in [1.54, 1.807) is 24.5 Å². The third-order valence-corrected chi connectivity index (χ3v) is 2.76. The maximum atomic E-state index is 11.9. The molecule has 2 aromatic heterocycles. The van der Waals surface area contributed by atoms with Crippen LogP contribution in [0.3, 0.4) is 0 Å². The van der Waals surface area contributed by atoms with Crippen molar-refractivity contribution in [1.82, 2.24) is 20.4 Å². The lowest BCUT2D eigenvalue weighted by molar-refractivity contribution is 0.0943. The largest absolute Gasteiger partial charge is 0.355 e. The highest BCUT2D eigenvalue weighted by molar-refractivity contribution is 5.93. The summed E-state index contributed by atoms with van der Waals surface area (Å²) in [5.41, 5.74) is 1.08. The minimum Gasteiger partial charge on any atom is -0.355 e. The Balaban J connectivity index is 1.90. The lowest BCUT2D eigenvalue weighted by Gasteiger charge is -2.08. The van der Waals surface area contributed by atoms with Crippen LogP contribution >= 0.6 is 0 Å². The number of hydrogen-bond acceptors (Lipinski definition) is 5. The van der Waals surface area contributed by atoms with Crippen molar-refractivity contribution in [2.75, 3.05) is 27.2 Å². The van der Waals surface area contributed by atoms with E-state index in [2.05, 4.69) is 20.4 Å². The Kier molecular flexibility index (Phi) is 4.84. The number of pyridine rings is 1. The second-order valence-corrected chi connectivity index (χ2v) is 4.73. The van der Waals surface area contributed by atoms with Crippen molar-refractivity contribution in [1.29, 1.82) is 0 Å². The number of aromatic nitrogens is 2. The lowest BCUT2D eigenvalue weighted by Crippen LogP contribution is -2.27. The summed E-state index contributed by atoms with van der Waals surface area (Å²) in [4.78, 5) is 17.9. The molecule has 0 atom stereocenters. The fraction of sp³-hybridized carbons (Fsp3) is 0.357. The molecule has 0 saturated heterocycles. The molecule has 2 aromatic rings. The van der Waals surface area contributed by atoms with Crippen molar-refractivity contribution in [3.05, 3.63) is 36.3 Å². The minimum atomic E-state index is -0.220. The van der Waals surface area contributed by atoms with Crippen LogP contribution in [0.25, 0.3) is 11.3 Å². The molecule has 0 aromatic carbocycles. The summed E-state index contributed by atoms with van der Waals surface area (Å²) in [5.74, 6) is 0.319. The van der Waals surface area contributed by atoms with Crippen molar-refractivity contribution in [3.63, 3.8) is 0 Å². The molecule has 6 nitrogen and oxygen atoms in total. The van der Waals surface area contributed by atoms with Gasteiger partial charge in [-0.3, -0.25) is 9.78 Å². The Morgan fingerprint density at radius 3 is 3.00 bits per heavy atom. The van der Waals surface area contributed by atoms with Crippen LogP contribution in [0.4, 0.5) is 0 Å². The Labute approximate surface area is 117 Å². The highest BCUT2D eigenvalue weighted by Gasteiger charge is 2.13. The van der Waals surface area contributed by atoms with Gasteiger partial charge in [-0.25, -0.2) is 0 Å². The second kappa shape index (κ2) is 6.81. The van der Waals surface area contributed by atoms with Crippen LogP contribution in [0.15, 0.2) is 35.1 Å². The Bertz CT molecular complexity index is 551. The van der Waals surface area contributed by atoms with Gasteiger partial charge in [0.2, 0.25) is 0 Å². The molecule has 6 heteroatoms. The highest BCUT2D eigenvalue weighted by atomic mass is 16.5. The molecule has 20 heavy (non-hydrogen) atoms. The molecule has 0 spiro atoms. The van der Waals surface area contributed by atoms with E-state index in [1.165, 1.54) is 0 Å². The zero-order valence-electron chi connectivity index (χ0n) is 11.7. The Hall–Kier alpha value is -2.21. The zero-order chi connectivity index (χ0) is 14.4. The number of nitrogens with zero attached hydrogens (tertiary/aromatic N) is 3. The first kappa shape index (κ1) is 14.2. The molecule has 0 unspecified atom stereocenters. The molecule has 0 aliphatic carbocycles. The predicted octanol–water partition coefficient (Wildman–Crippen LogP) is 1.42. The molecular weight excluding hydrogens is 256 g/mol. The molecule has 1 amide bonds. The standard InChI is InChI=1S/C14H18N4O2/c1-18(2)8-4-7-16-14(19)12-9-13(20-17-12)11-5-3-6-15-10-11/h3,5-6,9-10H,4,7-8H2,1-2H3,(H,16,19). The highest BCUT2D eigenvalue weighted by Crippen LogP contribution is 2.18. The molecule has 0 aliphatic heterocycles. The smallest absolute Gasteiger partial charge is 0.273 e. The molecule has 1 N–H and O–H groups in total. The van der Waals surface area contributed by atoms with Gasteiger partial charge in [0.25, 0.3) is 5.91 Å². The van der Waals surface area contributed by atoms with E-state index in [9.17, 15) is 4.79 Å². The number of nitrogens with one attached hydrogen (secondary N) is 1. The molecule has 0 bridgehead atoms. The van der Waals surface area contributed by atoms with Gasteiger partial charge in [0.15, 0.2) is 11.5 Å². The topological polar surface area (TPSA) is 71.3 Å². The monoisotopic (exact) mass is 274 g/mol. The maximum absolute atomic E-state index is 11.9. The normalized spacial score (nSPS) is 10.8. The number of carbonyl (C=O) groups excluding carboxylic acids is 1. The number of hydrogen-bond donors (Lipinski definition) is 1. The van der Waals surface area contributed by atoms with Crippen LogP contribution in [-0.2, 0) is 0 Å². The number of rotatable bonds is 6. The summed E-state index contributed by atoms with van der Waals surface area (Å²) < 4.78 is 5.16. The molecule has 0 radical (unpaired) electrons. The van der Waals surface area contributed by atoms with Gasteiger partial charge in [-0.05, 0) is 39.2 Å². The van der Waals surface area contributed by atoms with Gasteiger partial charge in [-0.1, -0.05) is 5.16 Å². The Morgan fingerprint density at radius 1 is 1.45 bits per heavy atom. The molecule has 0 saturated carbocycles. The molecular formula is C14H18N4O2. The fourth-order valence-electron chi connectivity index (χ4n) is 1.71. The number of amides is 1. The average Bonchev–Trinajstić information content (AvgIpc) is 2.94. The summed E-state index contributed by atoms with van der Waals surface area (Å²) in [5, 5.41) is 6.60. The van der Waals surface area contributed by atoms with Gasteiger partial charge < -0.3 is 14.7 Å². The SMILES string of the molecule is CN(C)CCCNC(=O)c1cc(-c2cccnc2)on1. The third-order valence-electron chi connectivity index (χ3n) is 2.76. The van der Waals surface area contributed by atoms with Gasteiger partial charge in [0.05, 0.1) is 0 Å². The molecule has 2 heterocycles. The second-order valence-electron chi connectivity index (χ2n) is 4.73. The van der Waals surface area contributed by atoms with Crippen molar-refractivity contribution >= 4 is 5.91 Å². The molecule has 106 valence electrons.